The highest BCUT2D eigenvalue weighted by Gasteiger charge is 2.08. The molecule has 0 aliphatic rings. The second-order valence-electron chi connectivity index (χ2n) is 2.90. The van der Waals surface area contributed by atoms with E-state index in [1.807, 2.05) is 19.1 Å². The Kier molecular flexibility index (Phi) is 4.93. The topological polar surface area (TPSA) is 26.0 Å². The summed E-state index contributed by atoms with van der Waals surface area (Å²) in [6, 6.07) is 6.15. The summed E-state index contributed by atoms with van der Waals surface area (Å²) < 4.78 is 2.25. The van der Waals surface area contributed by atoms with Crippen molar-refractivity contribution in [3.05, 3.63) is 31.8 Å². The molecule has 0 spiro atoms. The van der Waals surface area contributed by atoms with Gasteiger partial charge in [0, 0.05) is 20.5 Å². The van der Waals surface area contributed by atoms with Gasteiger partial charge in [-0.1, -0.05) is 15.9 Å². The minimum absolute atomic E-state index is 0.00783. The molecule has 1 atom stereocenters. The van der Waals surface area contributed by atoms with Crippen LogP contribution in [-0.2, 0) is 0 Å². The third-order valence-electron chi connectivity index (χ3n) is 1.86. The summed E-state index contributed by atoms with van der Waals surface area (Å²) in [5, 5.41) is 0. The van der Waals surface area contributed by atoms with E-state index >= 15 is 0 Å². The summed E-state index contributed by atoms with van der Waals surface area (Å²) in [7, 11) is 0. The van der Waals surface area contributed by atoms with Crippen molar-refractivity contribution in [2.24, 2.45) is 5.73 Å². The molecule has 0 heterocycles. The molecular weight excluding hydrogens is 353 g/mol. The van der Waals surface area contributed by atoms with Crippen LogP contribution < -0.4 is 5.73 Å². The average Bonchev–Trinajstić information content (AvgIpc) is 2.18. The van der Waals surface area contributed by atoms with E-state index < -0.39 is 0 Å². The molecule has 1 nitrogen and oxygen atoms in total. The highest BCUT2D eigenvalue weighted by molar-refractivity contribution is 14.1. The van der Waals surface area contributed by atoms with E-state index in [4.69, 9.17) is 5.73 Å². The minimum atomic E-state index is -0.00783. The molecule has 1 aromatic carbocycles. The Morgan fingerprint density at radius 2 is 2.29 bits per heavy atom. The Bertz CT molecular complexity index is 379. The van der Waals surface area contributed by atoms with Gasteiger partial charge in [-0.2, -0.15) is 0 Å². The van der Waals surface area contributed by atoms with Crippen LogP contribution >= 0.6 is 38.5 Å². The van der Waals surface area contributed by atoms with Crippen molar-refractivity contribution in [1.29, 1.82) is 0 Å². The van der Waals surface area contributed by atoms with Gasteiger partial charge in [0.15, 0.2) is 0 Å². The Balaban J connectivity index is 2.91. The van der Waals surface area contributed by atoms with Crippen LogP contribution in [0.3, 0.4) is 0 Å². The van der Waals surface area contributed by atoms with Gasteiger partial charge in [-0.15, -0.1) is 11.8 Å². The predicted octanol–water partition coefficient (Wildman–Crippen LogP) is 3.47. The second kappa shape index (κ2) is 5.74. The SMILES string of the molecule is CC#CCC(N)c1cc(I)ccc1Br. The van der Waals surface area contributed by atoms with Crippen molar-refractivity contribution in [2.75, 3.05) is 0 Å². The van der Waals surface area contributed by atoms with Gasteiger partial charge in [0.25, 0.3) is 0 Å². The predicted molar refractivity (Wildman–Crippen MR) is 71.9 cm³/mol. The van der Waals surface area contributed by atoms with Gasteiger partial charge in [-0.3, -0.25) is 0 Å². The molecule has 0 aliphatic heterocycles. The quantitative estimate of drug-likeness (QED) is 0.632. The van der Waals surface area contributed by atoms with Crippen LogP contribution in [0.5, 0.6) is 0 Å². The lowest BCUT2D eigenvalue weighted by atomic mass is 10.1. The fourth-order valence-corrected chi connectivity index (χ4v) is 2.18. The summed E-state index contributed by atoms with van der Waals surface area (Å²) in [6.45, 7) is 1.83. The Hall–Kier alpha value is -0.0500. The summed E-state index contributed by atoms with van der Waals surface area (Å²) >= 11 is 5.77. The molecule has 1 unspecified atom stereocenters. The zero-order valence-electron chi connectivity index (χ0n) is 7.85. The monoisotopic (exact) mass is 363 g/mol. The molecule has 0 aromatic heterocycles. The molecule has 0 saturated carbocycles. The van der Waals surface area contributed by atoms with E-state index in [2.05, 4.69) is 56.4 Å². The number of rotatable bonds is 2. The number of halogens is 2. The molecular formula is C11H11BrIN. The van der Waals surface area contributed by atoms with Gasteiger partial charge in [0.05, 0.1) is 0 Å². The van der Waals surface area contributed by atoms with Crippen LogP contribution in [0.4, 0.5) is 0 Å². The molecule has 2 N–H and O–H groups in total. The van der Waals surface area contributed by atoms with E-state index in [9.17, 15) is 0 Å². The van der Waals surface area contributed by atoms with E-state index in [-0.39, 0.29) is 6.04 Å². The highest BCUT2D eigenvalue weighted by Crippen LogP contribution is 2.25. The molecule has 3 heteroatoms. The molecule has 0 saturated heterocycles. The van der Waals surface area contributed by atoms with Crippen LogP contribution in [0.25, 0.3) is 0 Å². The fourth-order valence-electron chi connectivity index (χ4n) is 1.12. The van der Waals surface area contributed by atoms with Gasteiger partial charge in [-0.05, 0) is 53.3 Å². The molecule has 0 bridgehead atoms. The smallest absolute Gasteiger partial charge is 0.0417 e. The van der Waals surface area contributed by atoms with Gasteiger partial charge >= 0.3 is 0 Å². The Morgan fingerprint density at radius 1 is 1.57 bits per heavy atom. The Labute approximate surface area is 107 Å². The van der Waals surface area contributed by atoms with Crippen LogP contribution in [0.15, 0.2) is 22.7 Å². The van der Waals surface area contributed by atoms with Crippen LogP contribution in [0.1, 0.15) is 24.9 Å². The number of benzene rings is 1. The normalized spacial score (nSPS) is 11.7. The van der Waals surface area contributed by atoms with E-state index in [0.29, 0.717) is 6.42 Å². The lowest BCUT2D eigenvalue weighted by Gasteiger charge is -2.11. The van der Waals surface area contributed by atoms with Crippen molar-refractivity contribution in [3.63, 3.8) is 0 Å². The lowest BCUT2D eigenvalue weighted by Crippen LogP contribution is -2.10. The molecule has 0 radical (unpaired) electrons. The number of hydrogen-bond acceptors (Lipinski definition) is 1. The molecule has 74 valence electrons. The largest absolute Gasteiger partial charge is 0.323 e. The first-order chi connectivity index (χ1) is 6.65. The lowest BCUT2D eigenvalue weighted by molar-refractivity contribution is 0.749. The zero-order valence-corrected chi connectivity index (χ0v) is 11.6. The van der Waals surface area contributed by atoms with Gasteiger partial charge in [0.1, 0.15) is 0 Å². The van der Waals surface area contributed by atoms with Crippen molar-refractivity contribution < 1.29 is 0 Å². The number of nitrogens with two attached hydrogens (primary N) is 1. The van der Waals surface area contributed by atoms with Crippen LogP contribution in [0.2, 0.25) is 0 Å². The van der Waals surface area contributed by atoms with E-state index in [0.717, 1.165) is 10.0 Å². The van der Waals surface area contributed by atoms with Gasteiger partial charge in [-0.25, -0.2) is 0 Å². The first-order valence-electron chi connectivity index (χ1n) is 4.25. The molecule has 1 rings (SSSR count). The first kappa shape index (κ1) is 12.0. The third-order valence-corrected chi connectivity index (χ3v) is 3.25. The van der Waals surface area contributed by atoms with Crippen molar-refractivity contribution in [2.45, 2.75) is 19.4 Å². The summed E-state index contributed by atoms with van der Waals surface area (Å²) in [4.78, 5) is 0. The van der Waals surface area contributed by atoms with Crippen molar-refractivity contribution in [1.82, 2.24) is 0 Å². The van der Waals surface area contributed by atoms with E-state index in [1.54, 1.807) is 0 Å². The minimum Gasteiger partial charge on any atom is -0.323 e. The van der Waals surface area contributed by atoms with E-state index in [1.165, 1.54) is 3.57 Å². The molecule has 14 heavy (non-hydrogen) atoms. The first-order valence-corrected chi connectivity index (χ1v) is 6.12. The van der Waals surface area contributed by atoms with Crippen LogP contribution in [-0.4, -0.2) is 0 Å². The zero-order chi connectivity index (χ0) is 10.6. The van der Waals surface area contributed by atoms with Crippen LogP contribution in [0, 0.1) is 15.4 Å². The summed E-state index contributed by atoms with van der Waals surface area (Å²) in [6.07, 6.45) is 0.704. The summed E-state index contributed by atoms with van der Waals surface area (Å²) in [5.74, 6) is 5.85. The van der Waals surface area contributed by atoms with Crippen molar-refractivity contribution in [3.8, 4) is 11.8 Å². The fraction of sp³-hybridized carbons (Fsp3) is 0.273. The third kappa shape index (κ3) is 3.26. The summed E-state index contributed by atoms with van der Waals surface area (Å²) in [5.41, 5.74) is 7.14. The average molecular weight is 364 g/mol. The standard InChI is InChI=1S/C11H11BrIN/c1-2-3-4-11(14)9-7-8(13)5-6-10(9)12/h5-7,11H,4,14H2,1H3. The molecule has 0 amide bonds. The van der Waals surface area contributed by atoms with Gasteiger partial charge in [0.2, 0.25) is 0 Å². The van der Waals surface area contributed by atoms with Gasteiger partial charge < -0.3 is 5.73 Å². The maximum Gasteiger partial charge on any atom is 0.0417 e. The number of hydrogen-bond donors (Lipinski definition) is 1. The molecule has 0 aliphatic carbocycles. The maximum absolute atomic E-state index is 6.01. The maximum atomic E-state index is 6.01. The van der Waals surface area contributed by atoms with Crippen molar-refractivity contribution >= 4 is 38.5 Å². The molecule has 0 fully saturated rings. The molecule has 1 aromatic rings. The Morgan fingerprint density at radius 3 is 2.93 bits per heavy atom. The second-order valence-corrected chi connectivity index (χ2v) is 5.00. The highest BCUT2D eigenvalue weighted by atomic mass is 127.